The van der Waals surface area contributed by atoms with Crippen LogP contribution in [-0.2, 0) is 10.8 Å². The van der Waals surface area contributed by atoms with E-state index in [2.05, 4.69) is 22.8 Å². The smallest absolute Gasteiger partial charge is 0.252 e. The average Bonchev–Trinajstić information content (AvgIpc) is 0.913. The van der Waals surface area contributed by atoms with E-state index >= 15 is 0 Å². The molecule has 3 aromatic heterocycles. The van der Waals surface area contributed by atoms with E-state index < -0.39 is 114 Å². The molecule has 0 amide bonds. The second-order valence-electron chi connectivity index (χ2n) is 26.1. The van der Waals surface area contributed by atoms with E-state index in [9.17, 15) is 24.5 Å². The molecule has 0 saturated carbocycles. The maximum atomic E-state index is 12.4. The highest BCUT2D eigenvalue weighted by Crippen LogP contribution is 2.51. The molecule has 0 spiro atoms. The third kappa shape index (κ3) is 8.28. The summed E-state index contributed by atoms with van der Waals surface area (Å²) in [5, 5.41) is 13.6. The van der Waals surface area contributed by atoms with Crippen molar-refractivity contribution in [1.29, 1.82) is 5.26 Å². The van der Waals surface area contributed by atoms with Gasteiger partial charge in [0.2, 0.25) is 0 Å². The molecule has 18 rings (SSSR count). The monoisotopic (exact) mass is 1220 g/mol. The van der Waals surface area contributed by atoms with Gasteiger partial charge in [0, 0.05) is 72.0 Å². The first kappa shape index (κ1) is 38.3. The molecule has 5 heterocycles. The summed E-state index contributed by atoms with van der Waals surface area (Å²) in [5.74, 6) is 0. The minimum Gasteiger partial charge on any atom is -0.311 e. The third-order valence-corrected chi connectivity index (χ3v) is 18.7. The fourth-order valence-electron chi connectivity index (χ4n) is 14.3. The number of nitriles is 1. The van der Waals surface area contributed by atoms with Crippen LogP contribution >= 0.6 is 0 Å². The Kier molecular flexibility index (Phi) is 8.44. The van der Waals surface area contributed by atoms with Crippen molar-refractivity contribution in [3.63, 3.8) is 0 Å². The van der Waals surface area contributed by atoms with Gasteiger partial charge in [-0.25, -0.2) is 0 Å². The molecule has 0 fully saturated rings. The normalized spacial score (nSPS) is 15.9. The van der Waals surface area contributed by atoms with Gasteiger partial charge in [0.1, 0.15) is 11.6 Å². The number of fused-ring (bicyclic) bond motifs is 13. The van der Waals surface area contributed by atoms with Crippen LogP contribution < -0.4 is 26.2 Å². The van der Waals surface area contributed by atoms with E-state index in [1.165, 1.54) is 9.13 Å². The standard InChI is InChI=1S/C87H65BN6/c1-86(2,3)58-42-39-56(40-43-58)62-46-41-57(55-23-8-7-9-24-55)49-80(62)94-82-53-61(91-74-33-18-12-27-65(74)66-28-13-19-34-75(66)91)45-48-71(82)88-70-47-44-60(90-72-31-16-10-25-63(72)64-26-11-17-32-73(64)90)52-81(70)93(83-50-59(87(4,5)6)51-84(94)85(83)88)79-38-22-37-78(69(79)54-89)92-76-35-20-14-29-67(76)68-30-15-21-36-77(68)92/h7-53H,1-6H3/i10D,11D,12D,13D,16D,17D,18D,19D,25D,26D,27D,28D,31D,32D,33D,34D,39D,40D,42D,43D. The van der Waals surface area contributed by atoms with E-state index in [1.54, 1.807) is 30.3 Å². The molecular weight excluding hydrogens is 1140 g/mol. The van der Waals surface area contributed by atoms with Crippen LogP contribution in [-0.4, -0.2) is 20.4 Å². The number of hydrogen-bond acceptors (Lipinski definition) is 3. The Balaban J connectivity index is 1.04. The fraction of sp³-hybridized carbons (Fsp3) is 0.0920. The van der Waals surface area contributed by atoms with E-state index in [1.807, 2.05) is 173 Å². The molecule has 0 unspecified atom stereocenters. The molecule has 0 aliphatic carbocycles. The molecule has 446 valence electrons. The molecular formula is C87H65BN6. The van der Waals surface area contributed by atoms with Crippen molar-refractivity contribution in [2.45, 2.75) is 52.4 Å². The third-order valence-electron chi connectivity index (χ3n) is 18.7. The van der Waals surface area contributed by atoms with Crippen LogP contribution in [0.2, 0.25) is 0 Å². The molecule has 0 N–H and O–H groups in total. The second kappa shape index (κ2) is 20.7. The van der Waals surface area contributed by atoms with Gasteiger partial charge in [-0.05, 0) is 146 Å². The summed E-state index contributed by atoms with van der Waals surface area (Å²) in [6.45, 7) is 10.7. The molecule has 0 saturated heterocycles. The van der Waals surface area contributed by atoms with Crippen molar-refractivity contribution in [3.05, 3.63) is 301 Å². The topological polar surface area (TPSA) is 45.1 Å². The molecule has 16 aromatic rings. The highest BCUT2D eigenvalue weighted by Gasteiger charge is 2.46. The summed E-state index contributed by atoms with van der Waals surface area (Å²) in [4.78, 5) is 3.98. The predicted octanol–water partition coefficient (Wildman–Crippen LogP) is 20.9. The Morgan fingerprint density at radius 2 is 0.809 bits per heavy atom. The number of para-hydroxylation sites is 6. The van der Waals surface area contributed by atoms with Crippen LogP contribution in [0.15, 0.2) is 285 Å². The van der Waals surface area contributed by atoms with Crippen LogP contribution in [0, 0.1) is 11.3 Å². The van der Waals surface area contributed by atoms with Crippen LogP contribution in [0.4, 0.5) is 34.1 Å². The van der Waals surface area contributed by atoms with Crippen molar-refractivity contribution >= 4 is 123 Å². The summed E-state index contributed by atoms with van der Waals surface area (Å²) in [6, 6.07) is 43.6. The Bertz CT molecular complexity index is 6890. The van der Waals surface area contributed by atoms with Crippen molar-refractivity contribution in [2.75, 3.05) is 9.80 Å². The summed E-state index contributed by atoms with van der Waals surface area (Å²) in [6.07, 6.45) is 0. The number of rotatable bonds is 7. The van der Waals surface area contributed by atoms with Crippen LogP contribution in [0.1, 0.15) is 85.6 Å². The number of anilines is 6. The van der Waals surface area contributed by atoms with Gasteiger partial charge in [-0.15, -0.1) is 0 Å². The molecule has 6 nitrogen and oxygen atoms in total. The SMILES string of the molecule is [2H]c1c([2H])c(C(C)(C)C)c([2H])c([2H])c1-c1ccc(-c2ccccc2)cc1N1c2cc(-n3c4c([2H])c([2H])c([2H])c([2H])c4c4c([2H])c([2H])c([2H])c([2H])c43)ccc2B2c3ccc(-n4c5c([2H])c([2H])c([2H])c([2H])c5c5c([2H])c([2H])c([2H])c([2H])c54)cc3N(c3cccc(-n4c5ccccc5c5ccccc54)c3C#N)c3cc(C(C)(C)C)cc1c32. The zero-order chi connectivity index (χ0) is 80.7. The molecule has 0 radical (unpaired) electrons. The molecule has 0 bridgehead atoms. The number of aromatic nitrogens is 3. The van der Waals surface area contributed by atoms with Gasteiger partial charge in [-0.2, -0.15) is 5.26 Å². The highest BCUT2D eigenvalue weighted by molar-refractivity contribution is 7.00. The van der Waals surface area contributed by atoms with Gasteiger partial charge in [-0.3, -0.25) is 0 Å². The summed E-state index contributed by atoms with van der Waals surface area (Å²) in [5.41, 5.74) is 7.11. The van der Waals surface area contributed by atoms with Gasteiger partial charge in [0.05, 0.1) is 77.6 Å². The van der Waals surface area contributed by atoms with Gasteiger partial charge in [0.25, 0.3) is 6.71 Å². The lowest BCUT2D eigenvalue weighted by atomic mass is 9.33. The summed E-state index contributed by atoms with van der Waals surface area (Å²) in [7, 11) is 0. The van der Waals surface area contributed by atoms with E-state index in [4.69, 9.17) is 8.22 Å². The molecule has 13 aromatic carbocycles. The zero-order valence-electron chi connectivity index (χ0n) is 71.8. The first-order valence-electron chi connectivity index (χ1n) is 41.1. The van der Waals surface area contributed by atoms with Crippen LogP contribution in [0.3, 0.4) is 0 Å². The Hall–Kier alpha value is -11.6. The molecule has 0 atom stereocenters. The molecule has 94 heavy (non-hydrogen) atoms. The number of hydrogen-bond donors (Lipinski definition) is 0. The minimum absolute atomic E-state index is 0.0394. The largest absolute Gasteiger partial charge is 0.311 e. The van der Waals surface area contributed by atoms with Gasteiger partial charge in [-0.1, -0.05) is 235 Å². The van der Waals surface area contributed by atoms with Crippen molar-refractivity contribution in [1.82, 2.24) is 13.7 Å². The lowest BCUT2D eigenvalue weighted by Gasteiger charge is -2.46. The van der Waals surface area contributed by atoms with Crippen molar-refractivity contribution in [3.8, 4) is 45.4 Å². The highest BCUT2D eigenvalue weighted by atomic mass is 15.2. The second-order valence-corrected chi connectivity index (χ2v) is 26.1. The first-order chi connectivity index (χ1) is 54.2. The van der Waals surface area contributed by atoms with Gasteiger partial charge >= 0.3 is 0 Å². The summed E-state index contributed by atoms with van der Waals surface area (Å²) < 4.78 is 194. The Morgan fingerprint density at radius 1 is 0.340 bits per heavy atom. The average molecular weight is 1230 g/mol. The Morgan fingerprint density at radius 3 is 1.31 bits per heavy atom. The number of nitrogens with zero attached hydrogens (tertiary/aromatic N) is 6. The van der Waals surface area contributed by atoms with Gasteiger partial charge < -0.3 is 23.5 Å². The van der Waals surface area contributed by atoms with Gasteiger partial charge in [0.15, 0.2) is 0 Å². The first-order valence-corrected chi connectivity index (χ1v) is 31.1. The Labute approximate surface area is 575 Å². The van der Waals surface area contributed by atoms with Crippen molar-refractivity contribution < 1.29 is 27.4 Å². The molecule has 2 aliphatic heterocycles. The predicted molar refractivity (Wildman–Crippen MR) is 396 cm³/mol. The zero-order valence-corrected chi connectivity index (χ0v) is 51.8. The van der Waals surface area contributed by atoms with E-state index in [-0.39, 0.29) is 101 Å². The number of benzene rings is 13. The van der Waals surface area contributed by atoms with E-state index in [0.29, 0.717) is 67.3 Å². The van der Waals surface area contributed by atoms with E-state index in [0.717, 1.165) is 27.4 Å². The lowest BCUT2D eigenvalue weighted by molar-refractivity contribution is 0.590. The maximum Gasteiger partial charge on any atom is 0.252 e. The minimum atomic E-state index is -0.929. The quantitative estimate of drug-likeness (QED) is 0.149. The fourth-order valence-corrected chi connectivity index (χ4v) is 14.3. The molecule has 7 heteroatoms. The summed E-state index contributed by atoms with van der Waals surface area (Å²) >= 11 is 0. The van der Waals surface area contributed by atoms with Crippen molar-refractivity contribution in [2.24, 2.45) is 0 Å². The van der Waals surface area contributed by atoms with Crippen LogP contribution in [0.25, 0.3) is 105 Å². The van der Waals surface area contributed by atoms with Crippen LogP contribution in [0.5, 0.6) is 0 Å². The molecule has 2 aliphatic rings. The maximum absolute atomic E-state index is 12.4. The lowest BCUT2D eigenvalue weighted by Crippen LogP contribution is -2.61.